The third kappa shape index (κ3) is 5.44. The second kappa shape index (κ2) is 10.1. The Labute approximate surface area is 159 Å². The van der Waals surface area contributed by atoms with Crippen molar-refractivity contribution >= 4 is 18.3 Å². The molecule has 1 unspecified atom stereocenters. The molecule has 3 heterocycles. The summed E-state index contributed by atoms with van der Waals surface area (Å²) in [5.41, 5.74) is 1.37. The van der Waals surface area contributed by atoms with Crippen LogP contribution in [0.15, 0.2) is 30.6 Å². The van der Waals surface area contributed by atoms with Gasteiger partial charge in [-0.15, -0.1) is 12.4 Å². The third-order valence-electron chi connectivity index (χ3n) is 4.19. The maximum absolute atomic E-state index is 12.3. The summed E-state index contributed by atoms with van der Waals surface area (Å²) in [5.74, 6) is 0.436. The van der Waals surface area contributed by atoms with Gasteiger partial charge in [-0.1, -0.05) is 13.0 Å². The molecule has 142 valence electrons. The molecule has 1 atom stereocenters. The number of rotatable bonds is 7. The summed E-state index contributed by atoms with van der Waals surface area (Å²) in [6.07, 6.45) is 6.78. The van der Waals surface area contributed by atoms with Crippen LogP contribution in [-0.2, 0) is 6.54 Å². The molecule has 0 spiro atoms. The second-order valence-corrected chi connectivity index (χ2v) is 6.22. The molecule has 7 nitrogen and oxygen atoms in total. The number of nitrogens with one attached hydrogen (secondary N) is 2. The van der Waals surface area contributed by atoms with Gasteiger partial charge in [0, 0.05) is 31.5 Å². The average molecular weight is 380 g/mol. The normalized spacial score (nSPS) is 16.6. The average Bonchev–Trinajstić information content (AvgIpc) is 3.16. The van der Waals surface area contributed by atoms with E-state index in [0.717, 1.165) is 37.9 Å². The van der Waals surface area contributed by atoms with E-state index in [-0.39, 0.29) is 18.3 Å². The lowest BCUT2D eigenvalue weighted by atomic mass is 10.1. The van der Waals surface area contributed by atoms with Crippen LogP contribution in [0.2, 0.25) is 0 Å². The van der Waals surface area contributed by atoms with Gasteiger partial charge in [0.05, 0.1) is 12.6 Å². The van der Waals surface area contributed by atoms with Crippen molar-refractivity contribution in [3.05, 3.63) is 41.9 Å². The minimum absolute atomic E-state index is 0. The Balaban J connectivity index is 0.00000243. The Morgan fingerprint density at radius 3 is 3.00 bits per heavy atom. The molecular formula is C18H26ClN5O2. The minimum atomic E-state index is -0.172. The van der Waals surface area contributed by atoms with E-state index in [4.69, 9.17) is 4.74 Å². The largest absolute Gasteiger partial charge is 0.478 e. The quantitative estimate of drug-likeness (QED) is 0.771. The highest BCUT2D eigenvalue weighted by atomic mass is 35.5. The SMILES string of the molecule is CCCOc1ccc(CNC(=O)c2ccn(C3CCCNC3)n2)cn1.Cl. The predicted molar refractivity (Wildman–Crippen MR) is 102 cm³/mol. The summed E-state index contributed by atoms with van der Waals surface area (Å²) >= 11 is 0. The number of halogens is 1. The maximum atomic E-state index is 12.3. The highest BCUT2D eigenvalue weighted by Crippen LogP contribution is 2.15. The fraction of sp³-hybridized carbons (Fsp3) is 0.500. The van der Waals surface area contributed by atoms with E-state index < -0.39 is 0 Å². The van der Waals surface area contributed by atoms with Crippen molar-refractivity contribution in [2.45, 2.75) is 38.8 Å². The number of amides is 1. The van der Waals surface area contributed by atoms with Crippen molar-refractivity contribution < 1.29 is 9.53 Å². The van der Waals surface area contributed by atoms with Gasteiger partial charge in [0.25, 0.3) is 5.91 Å². The number of pyridine rings is 1. The van der Waals surface area contributed by atoms with E-state index >= 15 is 0 Å². The van der Waals surface area contributed by atoms with Crippen LogP contribution in [0.5, 0.6) is 5.88 Å². The summed E-state index contributed by atoms with van der Waals surface area (Å²) in [7, 11) is 0. The lowest BCUT2D eigenvalue weighted by Crippen LogP contribution is -2.32. The minimum Gasteiger partial charge on any atom is -0.478 e. The van der Waals surface area contributed by atoms with Gasteiger partial charge in [-0.3, -0.25) is 9.48 Å². The van der Waals surface area contributed by atoms with Crippen LogP contribution in [0.1, 0.15) is 48.3 Å². The summed E-state index contributed by atoms with van der Waals surface area (Å²) < 4.78 is 7.34. The number of ether oxygens (including phenoxy) is 1. The van der Waals surface area contributed by atoms with Gasteiger partial charge in [0.1, 0.15) is 5.69 Å². The third-order valence-corrected chi connectivity index (χ3v) is 4.19. The Bertz CT molecular complexity index is 683. The lowest BCUT2D eigenvalue weighted by molar-refractivity contribution is 0.0944. The molecule has 2 aromatic heterocycles. The molecule has 1 saturated heterocycles. The second-order valence-electron chi connectivity index (χ2n) is 6.22. The van der Waals surface area contributed by atoms with E-state index in [0.29, 0.717) is 30.8 Å². The van der Waals surface area contributed by atoms with Gasteiger partial charge in [-0.2, -0.15) is 5.10 Å². The number of nitrogens with zero attached hydrogens (tertiary/aromatic N) is 3. The number of carbonyl (C=O) groups is 1. The molecule has 26 heavy (non-hydrogen) atoms. The van der Waals surface area contributed by atoms with E-state index in [1.807, 2.05) is 23.0 Å². The molecule has 0 bridgehead atoms. The molecular weight excluding hydrogens is 354 g/mol. The van der Waals surface area contributed by atoms with Crippen LogP contribution in [0.4, 0.5) is 0 Å². The molecule has 1 amide bonds. The lowest BCUT2D eigenvalue weighted by Gasteiger charge is -2.22. The molecule has 1 aliphatic rings. The van der Waals surface area contributed by atoms with Gasteiger partial charge >= 0.3 is 0 Å². The first-order valence-electron chi connectivity index (χ1n) is 8.88. The van der Waals surface area contributed by atoms with Crippen LogP contribution < -0.4 is 15.4 Å². The summed E-state index contributed by atoms with van der Waals surface area (Å²) in [5, 5.41) is 10.7. The Morgan fingerprint density at radius 1 is 1.42 bits per heavy atom. The van der Waals surface area contributed by atoms with Crippen LogP contribution in [-0.4, -0.2) is 40.4 Å². The smallest absolute Gasteiger partial charge is 0.272 e. The number of aromatic nitrogens is 3. The van der Waals surface area contributed by atoms with Crippen molar-refractivity contribution in [2.24, 2.45) is 0 Å². The van der Waals surface area contributed by atoms with E-state index in [2.05, 4.69) is 27.6 Å². The van der Waals surface area contributed by atoms with Gasteiger partial charge < -0.3 is 15.4 Å². The maximum Gasteiger partial charge on any atom is 0.272 e. The number of hydrogen-bond donors (Lipinski definition) is 2. The molecule has 0 saturated carbocycles. The van der Waals surface area contributed by atoms with E-state index in [1.54, 1.807) is 12.3 Å². The molecule has 0 radical (unpaired) electrons. The molecule has 2 N–H and O–H groups in total. The predicted octanol–water partition coefficient (Wildman–Crippen LogP) is 2.34. The zero-order chi connectivity index (χ0) is 17.5. The van der Waals surface area contributed by atoms with Gasteiger partial charge in [-0.25, -0.2) is 4.98 Å². The van der Waals surface area contributed by atoms with Crippen molar-refractivity contribution in [3.63, 3.8) is 0 Å². The monoisotopic (exact) mass is 379 g/mol. The zero-order valence-electron chi connectivity index (χ0n) is 15.0. The highest BCUT2D eigenvalue weighted by Gasteiger charge is 2.17. The van der Waals surface area contributed by atoms with Gasteiger partial charge in [-0.05, 0) is 37.4 Å². The van der Waals surface area contributed by atoms with Crippen molar-refractivity contribution in [3.8, 4) is 5.88 Å². The van der Waals surface area contributed by atoms with Crippen LogP contribution >= 0.6 is 12.4 Å². The van der Waals surface area contributed by atoms with Gasteiger partial charge in [0.2, 0.25) is 5.88 Å². The summed E-state index contributed by atoms with van der Waals surface area (Å²) in [6.45, 7) is 5.08. The van der Waals surface area contributed by atoms with Crippen molar-refractivity contribution in [1.29, 1.82) is 0 Å². The first-order chi connectivity index (χ1) is 12.3. The van der Waals surface area contributed by atoms with Gasteiger partial charge in [0.15, 0.2) is 0 Å². The topological polar surface area (TPSA) is 81.1 Å². The number of hydrogen-bond acceptors (Lipinski definition) is 5. The van der Waals surface area contributed by atoms with Crippen molar-refractivity contribution in [2.75, 3.05) is 19.7 Å². The van der Waals surface area contributed by atoms with E-state index in [1.165, 1.54) is 0 Å². The number of piperidine rings is 1. The Morgan fingerprint density at radius 2 is 2.31 bits per heavy atom. The molecule has 2 aromatic rings. The van der Waals surface area contributed by atoms with E-state index in [9.17, 15) is 4.79 Å². The van der Waals surface area contributed by atoms with Crippen LogP contribution in [0.3, 0.4) is 0 Å². The zero-order valence-corrected chi connectivity index (χ0v) is 15.8. The fourth-order valence-electron chi connectivity index (χ4n) is 2.80. The summed E-state index contributed by atoms with van der Waals surface area (Å²) in [6, 6.07) is 5.83. The first kappa shape index (κ1) is 20.2. The fourth-order valence-corrected chi connectivity index (χ4v) is 2.80. The molecule has 0 aromatic carbocycles. The Kier molecular flexibility index (Phi) is 7.87. The molecule has 3 rings (SSSR count). The standard InChI is InChI=1S/C18H25N5O2.ClH/c1-2-10-25-17-6-5-14(11-20-17)12-21-18(24)16-7-9-23(22-16)15-4-3-8-19-13-15;/h5-7,9,11,15,19H,2-4,8,10,12-13H2,1H3,(H,21,24);1H. The molecule has 1 fully saturated rings. The Hall–Kier alpha value is -2.12. The van der Waals surface area contributed by atoms with Crippen LogP contribution in [0.25, 0.3) is 0 Å². The van der Waals surface area contributed by atoms with Crippen molar-refractivity contribution in [1.82, 2.24) is 25.4 Å². The first-order valence-corrected chi connectivity index (χ1v) is 8.88. The number of carbonyl (C=O) groups excluding carboxylic acids is 1. The van der Waals surface area contributed by atoms with Crippen LogP contribution in [0, 0.1) is 0 Å². The molecule has 1 aliphatic heterocycles. The molecule has 0 aliphatic carbocycles. The molecule has 8 heteroatoms. The summed E-state index contributed by atoms with van der Waals surface area (Å²) in [4.78, 5) is 16.5. The highest BCUT2D eigenvalue weighted by molar-refractivity contribution is 5.92.